The molecule has 3 rings (SSSR count). The largest absolute Gasteiger partial charge is 0.374 e. The highest BCUT2D eigenvalue weighted by atomic mass is 32.1. The fourth-order valence-corrected chi connectivity index (χ4v) is 3.27. The van der Waals surface area contributed by atoms with Crippen molar-refractivity contribution in [1.29, 1.82) is 0 Å². The van der Waals surface area contributed by atoms with Crippen molar-refractivity contribution in [3.05, 3.63) is 27.6 Å². The van der Waals surface area contributed by atoms with Gasteiger partial charge in [-0.2, -0.15) is 5.10 Å². The van der Waals surface area contributed by atoms with Gasteiger partial charge in [-0.05, 0) is 12.3 Å². The Morgan fingerprint density at radius 2 is 2.33 bits per heavy atom. The first kappa shape index (κ1) is 16.4. The number of carbonyl (C=O) groups excluding carboxylic acids is 1. The smallest absolute Gasteiger partial charge is 0.268 e. The molecule has 0 bridgehead atoms. The third kappa shape index (κ3) is 3.88. The first-order chi connectivity index (χ1) is 11.5. The first-order valence-corrected chi connectivity index (χ1v) is 8.46. The van der Waals surface area contributed by atoms with Crippen LogP contribution in [0.2, 0.25) is 0 Å². The summed E-state index contributed by atoms with van der Waals surface area (Å²) in [4.78, 5) is 25.7. The molecule has 1 aliphatic rings. The maximum absolute atomic E-state index is 11.9. The summed E-state index contributed by atoms with van der Waals surface area (Å²) in [5.74, 6) is 0.261. The van der Waals surface area contributed by atoms with E-state index in [1.807, 2.05) is 0 Å². The summed E-state index contributed by atoms with van der Waals surface area (Å²) in [6.45, 7) is 2.24. The number of hydrogen-bond donors (Lipinski definition) is 2. The maximum atomic E-state index is 11.9. The van der Waals surface area contributed by atoms with Crippen molar-refractivity contribution < 1.29 is 4.79 Å². The van der Waals surface area contributed by atoms with Crippen LogP contribution >= 0.6 is 11.3 Å². The number of rotatable bonds is 5. The second-order valence-electron chi connectivity index (χ2n) is 5.79. The van der Waals surface area contributed by atoms with Crippen molar-refractivity contribution in [2.75, 3.05) is 30.3 Å². The van der Waals surface area contributed by atoms with Crippen molar-refractivity contribution in [3.63, 3.8) is 0 Å². The molecule has 0 aromatic carbocycles. The molecule has 2 aromatic rings. The van der Waals surface area contributed by atoms with E-state index in [1.54, 1.807) is 19.3 Å². The van der Waals surface area contributed by atoms with E-state index in [-0.39, 0.29) is 17.9 Å². The molecule has 0 spiro atoms. The van der Waals surface area contributed by atoms with E-state index < -0.39 is 0 Å². The van der Waals surface area contributed by atoms with Crippen LogP contribution in [0.1, 0.15) is 11.4 Å². The number of nitrogens with zero attached hydrogens (tertiary/aromatic N) is 5. The van der Waals surface area contributed by atoms with E-state index in [0.717, 1.165) is 25.2 Å². The van der Waals surface area contributed by atoms with Crippen molar-refractivity contribution in [3.8, 4) is 0 Å². The van der Waals surface area contributed by atoms with Gasteiger partial charge < -0.3 is 16.0 Å². The van der Waals surface area contributed by atoms with Crippen molar-refractivity contribution in [2.45, 2.75) is 12.8 Å². The van der Waals surface area contributed by atoms with E-state index in [4.69, 9.17) is 5.73 Å². The lowest BCUT2D eigenvalue weighted by Crippen LogP contribution is -2.32. The van der Waals surface area contributed by atoms with Crippen LogP contribution in [0.15, 0.2) is 17.1 Å². The number of nitrogens with one attached hydrogen (secondary N) is 1. The van der Waals surface area contributed by atoms with E-state index in [2.05, 4.69) is 25.5 Å². The molecule has 9 nitrogen and oxygen atoms in total. The topological polar surface area (TPSA) is 119 Å². The van der Waals surface area contributed by atoms with Gasteiger partial charge in [0.2, 0.25) is 11.0 Å². The van der Waals surface area contributed by atoms with Gasteiger partial charge in [0.05, 0.1) is 18.3 Å². The zero-order valence-electron chi connectivity index (χ0n) is 13.3. The van der Waals surface area contributed by atoms with Gasteiger partial charge in [0.15, 0.2) is 0 Å². The quantitative estimate of drug-likeness (QED) is 0.739. The zero-order valence-corrected chi connectivity index (χ0v) is 14.1. The number of hydrogen-bond acceptors (Lipinski definition) is 8. The van der Waals surface area contributed by atoms with Gasteiger partial charge in [-0.25, -0.2) is 4.68 Å². The summed E-state index contributed by atoms with van der Waals surface area (Å²) >= 11 is 1.22. The minimum atomic E-state index is -0.124. The molecular weight excluding hydrogens is 330 g/mol. The van der Waals surface area contributed by atoms with Gasteiger partial charge in [-0.15, -0.1) is 10.2 Å². The summed E-state index contributed by atoms with van der Waals surface area (Å²) in [5.41, 5.74) is 6.20. The molecule has 1 atom stereocenters. The average Bonchev–Trinajstić information content (AvgIpc) is 3.17. The lowest BCUT2D eigenvalue weighted by molar-refractivity contribution is -0.120. The first-order valence-electron chi connectivity index (χ1n) is 7.64. The normalized spacial score (nSPS) is 17.2. The van der Waals surface area contributed by atoms with Crippen LogP contribution < -0.4 is 21.5 Å². The molecule has 3 heterocycles. The Labute approximate surface area is 142 Å². The second-order valence-corrected chi connectivity index (χ2v) is 6.88. The molecule has 24 heavy (non-hydrogen) atoms. The van der Waals surface area contributed by atoms with Gasteiger partial charge in [-0.1, -0.05) is 11.3 Å². The Morgan fingerprint density at radius 3 is 3.04 bits per heavy atom. The van der Waals surface area contributed by atoms with Gasteiger partial charge in [0.1, 0.15) is 5.01 Å². The molecule has 1 saturated heterocycles. The summed E-state index contributed by atoms with van der Waals surface area (Å²) in [7, 11) is 1.63. The van der Waals surface area contributed by atoms with E-state index >= 15 is 0 Å². The Kier molecular flexibility index (Phi) is 4.74. The van der Waals surface area contributed by atoms with Crippen molar-refractivity contribution in [2.24, 2.45) is 13.0 Å². The van der Waals surface area contributed by atoms with E-state index in [9.17, 15) is 9.59 Å². The molecule has 1 aliphatic heterocycles. The number of aryl methyl sites for hydroxylation is 1. The Balaban J connectivity index is 1.48. The Morgan fingerprint density at radius 1 is 1.50 bits per heavy atom. The molecule has 10 heteroatoms. The molecule has 128 valence electrons. The zero-order chi connectivity index (χ0) is 17.1. The van der Waals surface area contributed by atoms with Crippen LogP contribution in [0.5, 0.6) is 0 Å². The molecule has 0 saturated carbocycles. The van der Waals surface area contributed by atoms with Crippen LogP contribution in [0.4, 0.5) is 10.8 Å². The summed E-state index contributed by atoms with van der Waals surface area (Å²) in [5, 5.41) is 15.5. The molecule has 1 amide bonds. The Hall–Kier alpha value is -2.49. The SMILES string of the molecule is Cn1ncc(N2CC[C@H](CNC(=O)Cc3nnc(N)s3)C2)cc1=O. The fraction of sp³-hybridized carbons (Fsp3) is 0.500. The van der Waals surface area contributed by atoms with Crippen LogP contribution in [-0.2, 0) is 18.3 Å². The number of carbonyl (C=O) groups is 1. The summed E-state index contributed by atoms with van der Waals surface area (Å²) < 4.78 is 1.30. The minimum Gasteiger partial charge on any atom is -0.374 e. The molecule has 0 aliphatic carbocycles. The van der Waals surface area contributed by atoms with Gasteiger partial charge in [0.25, 0.3) is 5.56 Å². The van der Waals surface area contributed by atoms with Gasteiger partial charge in [-0.3, -0.25) is 9.59 Å². The van der Waals surface area contributed by atoms with E-state index in [1.165, 1.54) is 16.0 Å². The van der Waals surface area contributed by atoms with Gasteiger partial charge in [0, 0.05) is 32.7 Å². The summed E-state index contributed by atoms with van der Waals surface area (Å²) in [6.07, 6.45) is 2.85. The highest BCUT2D eigenvalue weighted by Crippen LogP contribution is 2.21. The molecule has 1 fully saturated rings. The van der Waals surface area contributed by atoms with Crippen LogP contribution in [0.25, 0.3) is 0 Å². The highest BCUT2D eigenvalue weighted by Gasteiger charge is 2.23. The monoisotopic (exact) mass is 349 g/mol. The highest BCUT2D eigenvalue weighted by molar-refractivity contribution is 7.15. The molecule has 0 unspecified atom stereocenters. The second kappa shape index (κ2) is 6.95. The molecule has 2 aromatic heterocycles. The van der Waals surface area contributed by atoms with Crippen LogP contribution in [-0.4, -0.2) is 45.5 Å². The fourth-order valence-electron chi connectivity index (χ4n) is 2.66. The number of anilines is 2. The number of nitrogen functional groups attached to an aromatic ring is 1. The van der Waals surface area contributed by atoms with Crippen molar-refractivity contribution >= 4 is 28.1 Å². The predicted octanol–water partition coefficient (Wildman–Crippen LogP) is -0.601. The van der Waals surface area contributed by atoms with E-state index in [0.29, 0.717) is 22.6 Å². The molecular formula is C14H19N7O2S. The number of nitrogens with two attached hydrogens (primary N) is 1. The van der Waals surface area contributed by atoms with Crippen molar-refractivity contribution in [1.82, 2.24) is 25.3 Å². The third-order valence-electron chi connectivity index (χ3n) is 3.99. The van der Waals surface area contributed by atoms with Gasteiger partial charge >= 0.3 is 0 Å². The maximum Gasteiger partial charge on any atom is 0.268 e. The van der Waals surface area contributed by atoms with Crippen LogP contribution in [0, 0.1) is 5.92 Å². The number of amides is 1. The minimum absolute atomic E-state index is 0.0835. The number of aromatic nitrogens is 4. The molecule has 3 N–H and O–H groups in total. The summed E-state index contributed by atoms with van der Waals surface area (Å²) in [6, 6.07) is 1.59. The lowest BCUT2D eigenvalue weighted by atomic mass is 10.1. The average molecular weight is 349 g/mol. The molecule has 0 radical (unpaired) electrons. The predicted molar refractivity (Wildman–Crippen MR) is 90.8 cm³/mol. The Bertz CT molecular complexity index is 787. The standard InChI is InChI=1S/C14H19N7O2S/c1-20-13(23)4-10(7-17-20)21-3-2-9(8-21)6-16-11(22)5-12-18-19-14(15)24-12/h4,7,9H,2-3,5-6,8H2,1H3,(H2,15,19)(H,16,22)/t9-/m1/s1. The van der Waals surface area contributed by atoms with Crippen LogP contribution in [0.3, 0.4) is 0 Å². The third-order valence-corrected chi connectivity index (χ3v) is 4.74. The lowest BCUT2D eigenvalue weighted by Gasteiger charge is -2.18.